The van der Waals surface area contributed by atoms with Crippen molar-refractivity contribution in [3.63, 3.8) is 0 Å². The highest BCUT2D eigenvalue weighted by Gasteiger charge is 2.29. The van der Waals surface area contributed by atoms with E-state index in [-0.39, 0.29) is 6.17 Å². The van der Waals surface area contributed by atoms with Gasteiger partial charge in [-0.2, -0.15) is 0 Å². The topological polar surface area (TPSA) is 59.2 Å². The summed E-state index contributed by atoms with van der Waals surface area (Å²) >= 11 is 0. The zero-order valence-electron chi connectivity index (χ0n) is 28.2. The van der Waals surface area contributed by atoms with Gasteiger partial charge in [0.2, 0.25) is 0 Å². The van der Waals surface area contributed by atoms with Crippen LogP contribution in [0.15, 0.2) is 177 Å². The lowest BCUT2D eigenvalue weighted by molar-refractivity contribution is 0.383. The molecule has 4 heterocycles. The number of aromatic nitrogens is 1. The molecule has 1 aliphatic rings. The Morgan fingerprint density at radius 2 is 1.19 bits per heavy atom. The number of nitrogens with zero attached hydrogens (tertiary/aromatic N) is 4. The van der Waals surface area contributed by atoms with E-state index >= 15 is 0 Å². The highest BCUT2D eigenvalue weighted by molar-refractivity contribution is 6.21. The number of amidine groups is 2. The van der Waals surface area contributed by atoms with Crippen LogP contribution in [0.5, 0.6) is 0 Å². The number of aliphatic imine (C=N–C) groups is 2. The highest BCUT2D eigenvalue weighted by atomic mass is 16.3. The lowest BCUT2D eigenvalue weighted by Crippen LogP contribution is -2.35. The van der Waals surface area contributed by atoms with Crippen molar-refractivity contribution in [2.45, 2.75) is 6.17 Å². The quantitative estimate of drug-likeness (QED) is 0.187. The number of furan rings is 2. The molecule has 1 unspecified atom stereocenters. The first kappa shape index (κ1) is 28.9. The zero-order valence-corrected chi connectivity index (χ0v) is 28.2. The van der Waals surface area contributed by atoms with Gasteiger partial charge in [0.05, 0.1) is 11.0 Å². The van der Waals surface area contributed by atoms with E-state index in [1.807, 2.05) is 42.5 Å². The molecule has 0 N–H and O–H groups in total. The minimum absolute atomic E-state index is 0.345. The van der Waals surface area contributed by atoms with Gasteiger partial charge in [0, 0.05) is 61.7 Å². The summed E-state index contributed by atoms with van der Waals surface area (Å²) in [6, 6.07) is 54.7. The van der Waals surface area contributed by atoms with Gasteiger partial charge in [-0.05, 0) is 48.5 Å². The first-order valence-corrected chi connectivity index (χ1v) is 17.5. The van der Waals surface area contributed by atoms with E-state index in [1.54, 1.807) is 0 Å². The smallest absolute Gasteiger partial charge is 0.159 e. The second-order valence-corrected chi connectivity index (χ2v) is 13.4. The van der Waals surface area contributed by atoms with Crippen LogP contribution < -0.4 is 0 Å². The van der Waals surface area contributed by atoms with Gasteiger partial charge >= 0.3 is 0 Å². The lowest BCUT2D eigenvalue weighted by atomic mass is 10.0. The molecule has 6 nitrogen and oxygen atoms in total. The number of rotatable bonds is 4. The zero-order chi connectivity index (χ0) is 34.3. The first-order chi connectivity index (χ1) is 25.7. The second-order valence-electron chi connectivity index (χ2n) is 13.4. The Bertz CT molecular complexity index is 3050. The van der Waals surface area contributed by atoms with Crippen LogP contribution in [0.1, 0.15) is 22.9 Å². The number of para-hydroxylation sites is 3. The molecule has 246 valence electrons. The van der Waals surface area contributed by atoms with Crippen molar-refractivity contribution in [2.24, 2.45) is 9.98 Å². The van der Waals surface area contributed by atoms with E-state index in [2.05, 4.69) is 132 Å². The van der Waals surface area contributed by atoms with Gasteiger partial charge in [-0.1, -0.05) is 109 Å². The van der Waals surface area contributed by atoms with E-state index < -0.39 is 0 Å². The maximum Gasteiger partial charge on any atom is 0.159 e. The second kappa shape index (κ2) is 11.0. The van der Waals surface area contributed by atoms with Crippen LogP contribution in [0, 0.1) is 0 Å². The van der Waals surface area contributed by atoms with Crippen LogP contribution in [-0.2, 0) is 0 Å². The molecule has 0 bridgehead atoms. The van der Waals surface area contributed by atoms with Crippen LogP contribution in [0.3, 0.4) is 0 Å². The third-order valence-corrected chi connectivity index (χ3v) is 10.4. The van der Waals surface area contributed by atoms with Crippen molar-refractivity contribution in [1.29, 1.82) is 0 Å². The van der Waals surface area contributed by atoms with Gasteiger partial charge in [-0.25, -0.2) is 9.98 Å². The predicted molar refractivity (Wildman–Crippen MR) is 212 cm³/mol. The summed E-state index contributed by atoms with van der Waals surface area (Å²) in [5, 5.41) is 6.74. The van der Waals surface area contributed by atoms with E-state index in [9.17, 15) is 0 Å². The average Bonchev–Trinajstić information content (AvgIpc) is 3.87. The molecule has 0 aliphatic carbocycles. The predicted octanol–water partition coefficient (Wildman–Crippen LogP) is 11.4. The van der Waals surface area contributed by atoms with Crippen LogP contribution in [0.4, 0.5) is 0 Å². The molecule has 11 rings (SSSR count). The van der Waals surface area contributed by atoms with Gasteiger partial charge in [0.25, 0.3) is 0 Å². The maximum atomic E-state index is 6.57. The Labute approximate surface area is 298 Å². The average molecular weight is 671 g/mol. The molecule has 0 radical (unpaired) electrons. The summed E-state index contributed by atoms with van der Waals surface area (Å²) in [6.07, 6.45) is -0.345. The largest absolute Gasteiger partial charge is 0.456 e. The Balaban J connectivity index is 1.06. The summed E-state index contributed by atoms with van der Waals surface area (Å²) < 4.78 is 15.2. The summed E-state index contributed by atoms with van der Waals surface area (Å²) in [5.41, 5.74) is 9.80. The molecule has 52 heavy (non-hydrogen) atoms. The maximum absolute atomic E-state index is 6.57. The van der Waals surface area contributed by atoms with Crippen LogP contribution in [0.2, 0.25) is 0 Å². The van der Waals surface area contributed by atoms with Gasteiger partial charge in [-0.3, -0.25) is 0 Å². The van der Waals surface area contributed by atoms with Crippen molar-refractivity contribution < 1.29 is 8.83 Å². The lowest BCUT2D eigenvalue weighted by Gasteiger charge is -2.32. The fourth-order valence-corrected chi connectivity index (χ4v) is 8.04. The highest BCUT2D eigenvalue weighted by Crippen LogP contribution is 2.39. The molecule has 3 aromatic heterocycles. The molecule has 1 aliphatic heterocycles. The Morgan fingerprint density at radius 1 is 0.519 bits per heavy atom. The Morgan fingerprint density at radius 3 is 2.00 bits per heavy atom. The minimum atomic E-state index is -0.345. The number of hydrogen-bond acceptors (Lipinski definition) is 5. The Kier molecular flexibility index (Phi) is 6.13. The molecule has 0 saturated heterocycles. The van der Waals surface area contributed by atoms with Gasteiger partial charge in [0.1, 0.15) is 28.2 Å². The van der Waals surface area contributed by atoms with Crippen molar-refractivity contribution in [2.75, 3.05) is 7.05 Å². The van der Waals surface area contributed by atoms with Crippen molar-refractivity contribution in [3.05, 3.63) is 174 Å². The normalized spacial score (nSPS) is 15.0. The summed E-state index contributed by atoms with van der Waals surface area (Å²) in [7, 11) is 2.07. The first-order valence-electron chi connectivity index (χ1n) is 17.5. The number of benzene rings is 7. The molecule has 7 aromatic carbocycles. The van der Waals surface area contributed by atoms with E-state index in [0.29, 0.717) is 5.84 Å². The standard InChI is InChI=1S/C46H30N4O2/c1-49-45(47-44(28-12-3-2-4-13-28)48-46(49)35-17-11-21-41-43(35)34-16-7-10-20-39(34)51-41)29-22-24-33-36-27-30(23-25-40(36)52-42(33)26-29)50-37-18-8-5-14-31(37)32-15-6-9-19-38(32)50/h2-27,45H,1H3. The van der Waals surface area contributed by atoms with Crippen molar-refractivity contribution >= 4 is 77.4 Å². The molecule has 0 spiro atoms. The molecule has 1 atom stereocenters. The van der Waals surface area contributed by atoms with E-state index in [1.165, 1.54) is 21.8 Å². The number of hydrogen-bond donors (Lipinski definition) is 0. The fraction of sp³-hybridized carbons (Fsp3) is 0.0435. The summed E-state index contributed by atoms with van der Waals surface area (Å²) in [4.78, 5) is 12.6. The molecular weight excluding hydrogens is 641 g/mol. The SMILES string of the molecule is CN1C(c2cccc3oc4ccccc4c23)=NC(c2ccccc2)=NC1c1ccc2c(c1)oc1ccc(-n3c4ccccc4c4ccccc43)cc12. The van der Waals surface area contributed by atoms with Gasteiger partial charge < -0.3 is 18.3 Å². The monoisotopic (exact) mass is 670 g/mol. The summed E-state index contributed by atoms with van der Waals surface area (Å²) in [6.45, 7) is 0. The van der Waals surface area contributed by atoms with Crippen LogP contribution in [0.25, 0.3) is 71.4 Å². The van der Waals surface area contributed by atoms with Crippen LogP contribution >= 0.6 is 0 Å². The molecular formula is C46H30N4O2. The number of fused-ring (bicyclic) bond motifs is 9. The fourth-order valence-electron chi connectivity index (χ4n) is 8.04. The molecule has 0 fully saturated rings. The third-order valence-electron chi connectivity index (χ3n) is 10.4. The van der Waals surface area contributed by atoms with Crippen molar-refractivity contribution in [1.82, 2.24) is 9.47 Å². The molecule has 10 aromatic rings. The van der Waals surface area contributed by atoms with Gasteiger partial charge in [0.15, 0.2) is 12.0 Å². The van der Waals surface area contributed by atoms with Gasteiger partial charge in [-0.15, -0.1) is 0 Å². The summed E-state index contributed by atoms with van der Waals surface area (Å²) in [5.74, 6) is 1.51. The Hall–Kier alpha value is -6.92. The molecule has 6 heteroatoms. The minimum Gasteiger partial charge on any atom is -0.456 e. The third kappa shape index (κ3) is 4.24. The van der Waals surface area contributed by atoms with E-state index in [4.69, 9.17) is 18.8 Å². The van der Waals surface area contributed by atoms with E-state index in [0.717, 1.165) is 72.1 Å². The molecule has 0 amide bonds. The molecule has 0 saturated carbocycles. The van der Waals surface area contributed by atoms with Crippen LogP contribution in [-0.4, -0.2) is 28.2 Å². The van der Waals surface area contributed by atoms with Crippen molar-refractivity contribution in [3.8, 4) is 5.69 Å².